The molecule has 0 atom stereocenters. The van der Waals surface area contributed by atoms with E-state index >= 15 is 0 Å². The van der Waals surface area contributed by atoms with E-state index in [1.807, 2.05) is 0 Å². The van der Waals surface area contributed by atoms with Crippen LogP contribution < -0.4 is 5.56 Å². The second-order valence-corrected chi connectivity index (χ2v) is 4.39. The lowest BCUT2D eigenvalue weighted by Crippen LogP contribution is -2.24. The maximum atomic E-state index is 13.6. The predicted octanol–water partition coefficient (Wildman–Crippen LogP) is 2.72. The fourth-order valence-electron chi connectivity index (χ4n) is 2.07. The van der Waals surface area contributed by atoms with Crippen molar-refractivity contribution in [2.75, 3.05) is 0 Å². The van der Waals surface area contributed by atoms with Gasteiger partial charge in [-0.3, -0.25) is 4.79 Å². The summed E-state index contributed by atoms with van der Waals surface area (Å²) in [5.41, 5.74) is -0.539. The van der Waals surface area contributed by atoms with Crippen molar-refractivity contribution in [2.45, 2.75) is 6.54 Å². The SMILES string of the molecule is O=c1c2ccccc2cnn1Cc1c(F)cccc1F. The number of benzene rings is 2. The molecule has 0 N–H and O–H groups in total. The van der Waals surface area contributed by atoms with Gasteiger partial charge in [0, 0.05) is 10.9 Å². The first-order valence-electron chi connectivity index (χ1n) is 6.04. The van der Waals surface area contributed by atoms with E-state index in [9.17, 15) is 13.6 Å². The lowest BCUT2D eigenvalue weighted by molar-refractivity contribution is 0.526. The van der Waals surface area contributed by atoms with Gasteiger partial charge in [0.1, 0.15) is 11.6 Å². The summed E-state index contributed by atoms with van der Waals surface area (Å²) in [5, 5.41) is 5.12. The molecule has 0 radical (unpaired) electrons. The standard InChI is InChI=1S/C15H10F2N2O/c16-13-6-3-7-14(17)12(13)9-19-15(20)11-5-2-1-4-10(11)8-18-19/h1-8H,9H2. The maximum Gasteiger partial charge on any atom is 0.274 e. The van der Waals surface area contributed by atoms with Crippen LogP contribution in [0.2, 0.25) is 0 Å². The molecule has 1 aromatic heterocycles. The molecule has 0 bridgehead atoms. The van der Waals surface area contributed by atoms with Crippen LogP contribution in [0, 0.1) is 11.6 Å². The molecule has 3 nitrogen and oxygen atoms in total. The molecule has 0 saturated heterocycles. The molecule has 2 aromatic carbocycles. The second kappa shape index (κ2) is 4.85. The minimum absolute atomic E-state index is 0.169. The first-order chi connectivity index (χ1) is 9.66. The van der Waals surface area contributed by atoms with Gasteiger partial charge in [0.05, 0.1) is 18.1 Å². The van der Waals surface area contributed by atoms with Gasteiger partial charge in [0.15, 0.2) is 0 Å². The van der Waals surface area contributed by atoms with Gasteiger partial charge in [0.25, 0.3) is 5.56 Å². The highest BCUT2D eigenvalue weighted by molar-refractivity contribution is 5.80. The molecule has 0 amide bonds. The summed E-state index contributed by atoms with van der Waals surface area (Å²) >= 11 is 0. The Morgan fingerprint density at radius 1 is 1.00 bits per heavy atom. The summed E-state index contributed by atoms with van der Waals surface area (Å²) in [6, 6.07) is 10.5. The average Bonchev–Trinajstić information content (AvgIpc) is 2.45. The second-order valence-electron chi connectivity index (χ2n) is 4.39. The topological polar surface area (TPSA) is 34.9 Å². The van der Waals surface area contributed by atoms with Crippen LogP contribution in [-0.4, -0.2) is 9.78 Å². The Kier molecular flexibility index (Phi) is 3.02. The molecule has 0 spiro atoms. The molecule has 20 heavy (non-hydrogen) atoms. The third-order valence-corrected chi connectivity index (χ3v) is 3.13. The van der Waals surface area contributed by atoms with E-state index in [0.717, 1.165) is 16.8 Å². The van der Waals surface area contributed by atoms with Crippen LogP contribution in [-0.2, 0) is 6.54 Å². The fraction of sp³-hybridized carbons (Fsp3) is 0.0667. The highest BCUT2D eigenvalue weighted by Gasteiger charge is 2.11. The summed E-state index contributed by atoms with van der Waals surface area (Å²) in [5.74, 6) is -1.38. The van der Waals surface area contributed by atoms with Crippen LogP contribution in [0.3, 0.4) is 0 Å². The van der Waals surface area contributed by atoms with Crippen molar-refractivity contribution in [2.24, 2.45) is 0 Å². The molecule has 5 heteroatoms. The third kappa shape index (κ3) is 2.07. The summed E-state index contributed by atoms with van der Waals surface area (Å²) in [7, 11) is 0. The zero-order chi connectivity index (χ0) is 14.1. The van der Waals surface area contributed by atoms with Crippen LogP contribution in [0.15, 0.2) is 53.5 Å². The van der Waals surface area contributed by atoms with Gasteiger partial charge in [0.2, 0.25) is 0 Å². The number of halogens is 2. The van der Waals surface area contributed by atoms with E-state index in [2.05, 4.69) is 5.10 Å². The Hall–Kier alpha value is -2.56. The van der Waals surface area contributed by atoms with Gasteiger partial charge >= 0.3 is 0 Å². The zero-order valence-corrected chi connectivity index (χ0v) is 10.4. The molecular weight excluding hydrogens is 262 g/mol. The number of hydrogen-bond donors (Lipinski definition) is 0. The van der Waals surface area contributed by atoms with Crippen LogP contribution in [0.1, 0.15) is 5.56 Å². The number of hydrogen-bond acceptors (Lipinski definition) is 2. The van der Waals surface area contributed by atoms with Gasteiger partial charge < -0.3 is 0 Å². The largest absolute Gasteiger partial charge is 0.274 e. The third-order valence-electron chi connectivity index (χ3n) is 3.13. The van der Waals surface area contributed by atoms with Gasteiger partial charge in [-0.05, 0) is 18.2 Å². The summed E-state index contributed by atoms with van der Waals surface area (Å²) in [6.45, 7) is -0.234. The molecule has 0 aliphatic heterocycles. The molecule has 0 aliphatic rings. The Morgan fingerprint density at radius 3 is 2.45 bits per heavy atom. The van der Waals surface area contributed by atoms with Gasteiger partial charge in [-0.2, -0.15) is 5.10 Å². The first-order valence-corrected chi connectivity index (χ1v) is 6.04. The van der Waals surface area contributed by atoms with E-state index in [-0.39, 0.29) is 17.7 Å². The van der Waals surface area contributed by atoms with Crippen molar-refractivity contribution in [3.8, 4) is 0 Å². The minimum atomic E-state index is -0.688. The predicted molar refractivity (Wildman–Crippen MR) is 71.5 cm³/mol. The van der Waals surface area contributed by atoms with Crippen LogP contribution >= 0.6 is 0 Å². The molecule has 1 heterocycles. The molecule has 0 unspecified atom stereocenters. The van der Waals surface area contributed by atoms with E-state index in [1.165, 1.54) is 12.3 Å². The fourth-order valence-corrected chi connectivity index (χ4v) is 2.07. The molecule has 0 saturated carbocycles. The maximum absolute atomic E-state index is 13.6. The number of nitrogens with zero attached hydrogens (tertiary/aromatic N) is 2. The van der Waals surface area contributed by atoms with Crippen molar-refractivity contribution in [1.29, 1.82) is 0 Å². The van der Waals surface area contributed by atoms with Gasteiger partial charge in [-0.1, -0.05) is 24.3 Å². The average molecular weight is 272 g/mol. The Labute approximate surface area is 113 Å². The Bertz CT molecular complexity index is 822. The first kappa shape index (κ1) is 12.5. The normalized spacial score (nSPS) is 10.9. The molecule has 3 rings (SSSR count). The van der Waals surface area contributed by atoms with Crippen molar-refractivity contribution in [3.05, 3.63) is 76.2 Å². The molecule has 0 fully saturated rings. The lowest BCUT2D eigenvalue weighted by atomic mass is 10.2. The molecule has 3 aromatic rings. The van der Waals surface area contributed by atoms with E-state index in [1.54, 1.807) is 24.3 Å². The summed E-state index contributed by atoms with van der Waals surface area (Å²) in [6.07, 6.45) is 1.51. The Morgan fingerprint density at radius 2 is 1.70 bits per heavy atom. The van der Waals surface area contributed by atoms with Crippen molar-refractivity contribution >= 4 is 10.8 Å². The van der Waals surface area contributed by atoms with E-state index < -0.39 is 11.6 Å². The van der Waals surface area contributed by atoms with E-state index in [4.69, 9.17) is 0 Å². The van der Waals surface area contributed by atoms with E-state index in [0.29, 0.717) is 10.8 Å². The molecular formula is C15H10F2N2O. The quantitative estimate of drug-likeness (QED) is 0.719. The van der Waals surface area contributed by atoms with Crippen LogP contribution in [0.4, 0.5) is 8.78 Å². The summed E-state index contributed by atoms with van der Waals surface area (Å²) < 4.78 is 28.3. The smallest absolute Gasteiger partial charge is 0.267 e. The van der Waals surface area contributed by atoms with Gasteiger partial charge in [-0.25, -0.2) is 13.5 Å². The Balaban J connectivity index is 2.12. The zero-order valence-electron chi connectivity index (χ0n) is 10.4. The lowest BCUT2D eigenvalue weighted by Gasteiger charge is -2.07. The van der Waals surface area contributed by atoms with Crippen LogP contribution in [0.5, 0.6) is 0 Å². The van der Waals surface area contributed by atoms with Gasteiger partial charge in [-0.15, -0.1) is 0 Å². The minimum Gasteiger partial charge on any atom is -0.267 e. The van der Waals surface area contributed by atoms with Crippen LogP contribution in [0.25, 0.3) is 10.8 Å². The monoisotopic (exact) mass is 272 g/mol. The molecule has 100 valence electrons. The number of rotatable bonds is 2. The van der Waals surface area contributed by atoms with Crippen molar-refractivity contribution in [3.63, 3.8) is 0 Å². The highest BCUT2D eigenvalue weighted by atomic mass is 19.1. The molecule has 0 aliphatic carbocycles. The number of aromatic nitrogens is 2. The number of fused-ring (bicyclic) bond motifs is 1. The van der Waals surface area contributed by atoms with Crippen molar-refractivity contribution in [1.82, 2.24) is 9.78 Å². The highest BCUT2D eigenvalue weighted by Crippen LogP contribution is 2.13. The summed E-state index contributed by atoms with van der Waals surface area (Å²) in [4.78, 5) is 12.2. The van der Waals surface area contributed by atoms with Crippen molar-refractivity contribution < 1.29 is 8.78 Å².